The molecule has 0 heterocycles. The molecule has 3 aromatic rings. The molecule has 0 aromatic heterocycles. The average molecular weight is 697 g/mol. The molecule has 0 atom stereocenters. The molecular formula is C39H44F8O2. The minimum Gasteiger partial charge on any atom is -0.432 e. The minimum absolute atomic E-state index is 0.119. The van der Waals surface area contributed by atoms with Gasteiger partial charge in [0.05, 0.1) is 12.0 Å². The van der Waals surface area contributed by atoms with Crippen LogP contribution in [0.1, 0.15) is 107 Å². The summed E-state index contributed by atoms with van der Waals surface area (Å²) in [5.41, 5.74) is 2.92. The Hall–Kier alpha value is -3.14. The molecule has 2 saturated carbocycles. The summed E-state index contributed by atoms with van der Waals surface area (Å²) in [7, 11) is 0. The van der Waals surface area contributed by atoms with Crippen molar-refractivity contribution in [3.8, 4) is 16.9 Å². The van der Waals surface area contributed by atoms with E-state index < -0.39 is 59.7 Å². The molecule has 0 aliphatic heterocycles. The van der Waals surface area contributed by atoms with Crippen LogP contribution >= 0.6 is 0 Å². The molecule has 0 spiro atoms. The van der Waals surface area contributed by atoms with Crippen molar-refractivity contribution in [2.24, 2.45) is 11.8 Å². The largest absolute Gasteiger partial charge is 0.432 e. The van der Waals surface area contributed by atoms with Crippen molar-refractivity contribution in [1.82, 2.24) is 0 Å². The Labute approximate surface area is 283 Å². The second-order valence-electron chi connectivity index (χ2n) is 13.7. The van der Waals surface area contributed by atoms with Crippen molar-refractivity contribution >= 4 is 0 Å². The second kappa shape index (κ2) is 16.3. The first-order valence-corrected chi connectivity index (χ1v) is 17.5. The maximum Gasteiger partial charge on any atom is 0.400 e. The highest BCUT2D eigenvalue weighted by Crippen LogP contribution is 2.42. The van der Waals surface area contributed by atoms with Crippen molar-refractivity contribution in [3.63, 3.8) is 0 Å². The van der Waals surface area contributed by atoms with Crippen LogP contribution in [0.2, 0.25) is 0 Å². The Morgan fingerprint density at radius 1 is 0.694 bits per heavy atom. The van der Waals surface area contributed by atoms with E-state index in [1.807, 2.05) is 12.1 Å². The molecule has 49 heavy (non-hydrogen) atoms. The number of hydrogen-bond acceptors (Lipinski definition) is 2. The van der Waals surface area contributed by atoms with Crippen LogP contribution in [0.5, 0.6) is 5.75 Å². The molecule has 3 aromatic carbocycles. The molecule has 0 N–H and O–H groups in total. The Bertz CT molecular complexity index is 1490. The summed E-state index contributed by atoms with van der Waals surface area (Å²) in [6.45, 7) is 2.23. The molecular weight excluding hydrogens is 652 g/mol. The molecule has 0 radical (unpaired) electrons. The highest BCUT2D eigenvalue weighted by Gasteiger charge is 2.46. The van der Waals surface area contributed by atoms with Gasteiger partial charge >= 0.3 is 12.2 Å². The minimum atomic E-state index is -3.87. The van der Waals surface area contributed by atoms with Crippen LogP contribution in [0.15, 0.2) is 54.6 Å². The van der Waals surface area contributed by atoms with E-state index in [0.29, 0.717) is 23.6 Å². The molecule has 0 amide bonds. The zero-order chi connectivity index (χ0) is 35.2. The third-order valence-electron chi connectivity index (χ3n) is 10.2. The van der Waals surface area contributed by atoms with E-state index in [-0.39, 0.29) is 37.7 Å². The van der Waals surface area contributed by atoms with E-state index in [2.05, 4.69) is 23.8 Å². The topological polar surface area (TPSA) is 18.5 Å². The number of ether oxygens (including phenoxy) is 2. The SMILES string of the molecule is CCCCCC1CCC(c2ccc(-c3ccc(CCC(F)(F)OC4CCC(C(F)(F)Oc5cc(F)c(F)c(F)c5)CC4)c(F)c3)cc2)CC1. The summed E-state index contributed by atoms with van der Waals surface area (Å²) in [6, 6.07) is 13.4. The summed E-state index contributed by atoms with van der Waals surface area (Å²) in [5.74, 6) is -6.70. The standard InChI is InChI=1S/C39H44F8O2/c1-2-3-4-5-25-6-8-26(9-7-25)27-10-12-28(13-11-27)30-15-14-29(34(40)22-30)20-21-38(44,45)48-32-18-16-31(17-19-32)39(46,47)49-33-23-35(41)37(43)36(42)24-33/h10-15,22-26,31-32H,2-9,16-21H2,1H3. The Balaban J connectivity index is 1.08. The highest BCUT2D eigenvalue weighted by molar-refractivity contribution is 5.64. The van der Waals surface area contributed by atoms with Crippen molar-refractivity contribution in [2.75, 3.05) is 0 Å². The van der Waals surface area contributed by atoms with Crippen LogP contribution in [0.4, 0.5) is 35.1 Å². The van der Waals surface area contributed by atoms with Gasteiger partial charge in [0.15, 0.2) is 17.5 Å². The monoisotopic (exact) mass is 696 g/mol. The molecule has 0 unspecified atom stereocenters. The van der Waals surface area contributed by atoms with Crippen molar-refractivity contribution in [3.05, 3.63) is 89.0 Å². The summed E-state index contributed by atoms with van der Waals surface area (Å²) < 4.78 is 123. The Kier molecular flexibility index (Phi) is 12.3. The molecule has 2 aliphatic rings. The molecule has 2 fully saturated rings. The number of hydrogen-bond donors (Lipinski definition) is 0. The average Bonchev–Trinajstić information content (AvgIpc) is 3.07. The van der Waals surface area contributed by atoms with Gasteiger partial charge in [0.1, 0.15) is 11.6 Å². The lowest BCUT2D eigenvalue weighted by molar-refractivity contribution is -0.278. The van der Waals surface area contributed by atoms with Gasteiger partial charge in [-0.25, -0.2) is 17.6 Å². The number of halogens is 8. The predicted molar refractivity (Wildman–Crippen MR) is 173 cm³/mol. The van der Waals surface area contributed by atoms with Gasteiger partial charge in [0.25, 0.3) is 0 Å². The fourth-order valence-electron chi connectivity index (χ4n) is 7.28. The predicted octanol–water partition coefficient (Wildman–Crippen LogP) is 12.5. The van der Waals surface area contributed by atoms with E-state index in [1.165, 1.54) is 69.1 Å². The second-order valence-corrected chi connectivity index (χ2v) is 13.7. The normalized spacial score (nSPS) is 21.9. The van der Waals surface area contributed by atoms with Crippen LogP contribution in [-0.2, 0) is 11.2 Å². The van der Waals surface area contributed by atoms with Crippen LogP contribution in [-0.4, -0.2) is 18.3 Å². The fraction of sp³-hybridized carbons (Fsp3) is 0.538. The van der Waals surface area contributed by atoms with Gasteiger partial charge in [0, 0.05) is 18.6 Å². The van der Waals surface area contributed by atoms with Gasteiger partial charge in [-0.3, -0.25) is 0 Å². The van der Waals surface area contributed by atoms with Crippen LogP contribution in [0, 0.1) is 35.1 Å². The van der Waals surface area contributed by atoms with Crippen LogP contribution < -0.4 is 4.74 Å². The molecule has 5 rings (SSSR count). The molecule has 0 bridgehead atoms. The highest BCUT2D eigenvalue weighted by atomic mass is 19.3. The summed E-state index contributed by atoms with van der Waals surface area (Å²) in [6.07, 6.45) is -0.267. The van der Waals surface area contributed by atoms with E-state index in [4.69, 9.17) is 4.74 Å². The van der Waals surface area contributed by atoms with E-state index in [0.717, 1.165) is 11.5 Å². The third-order valence-corrected chi connectivity index (χ3v) is 10.2. The van der Waals surface area contributed by atoms with Gasteiger partial charge in [0.2, 0.25) is 0 Å². The Morgan fingerprint density at radius 3 is 1.94 bits per heavy atom. The number of benzene rings is 3. The lowest BCUT2D eigenvalue weighted by Gasteiger charge is -2.34. The van der Waals surface area contributed by atoms with Crippen molar-refractivity contribution in [2.45, 2.75) is 121 Å². The van der Waals surface area contributed by atoms with E-state index in [1.54, 1.807) is 6.07 Å². The van der Waals surface area contributed by atoms with E-state index in [9.17, 15) is 30.7 Å². The van der Waals surface area contributed by atoms with Crippen LogP contribution in [0.3, 0.4) is 0 Å². The number of rotatable bonds is 14. The summed E-state index contributed by atoms with van der Waals surface area (Å²) in [4.78, 5) is 0. The zero-order valence-corrected chi connectivity index (χ0v) is 27.7. The molecule has 0 saturated heterocycles. The number of aryl methyl sites for hydroxylation is 1. The first-order valence-electron chi connectivity index (χ1n) is 17.5. The lowest BCUT2D eigenvalue weighted by atomic mass is 9.77. The van der Waals surface area contributed by atoms with Gasteiger partial charge < -0.3 is 9.47 Å². The maximum atomic E-state index is 15.0. The van der Waals surface area contributed by atoms with E-state index >= 15 is 4.39 Å². The smallest absolute Gasteiger partial charge is 0.400 e. The van der Waals surface area contributed by atoms with Gasteiger partial charge in [-0.2, -0.15) is 17.6 Å². The fourth-order valence-corrected chi connectivity index (χ4v) is 7.28. The first-order chi connectivity index (χ1) is 23.3. The number of alkyl halides is 4. The zero-order valence-electron chi connectivity index (χ0n) is 27.7. The molecule has 268 valence electrons. The quantitative estimate of drug-likeness (QED) is 0.0949. The number of unbranched alkanes of at least 4 members (excludes halogenated alkanes) is 2. The molecule has 10 heteroatoms. The lowest BCUT2D eigenvalue weighted by Crippen LogP contribution is -2.40. The summed E-state index contributed by atoms with van der Waals surface area (Å²) >= 11 is 0. The van der Waals surface area contributed by atoms with Gasteiger partial charge in [-0.15, -0.1) is 0 Å². The molecule has 2 nitrogen and oxygen atoms in total. The molecule has 2 aliphatic carbocycles. The van der Waals surface area contributed by atoms with Gasteiger partial charge in [-0.1, -0.05) is 69.0 Å². The van der Waals surface area contributed by atoms with Crippen LogP contribution in [0.25, 0.3) is 11.1 Å². The Morgan fingerprint density at radius 2 is 1.33 bits per heavy atom. The van der Waals surface area contributed by atoms with Crippen molar-refractivity contribution in [1.29, 1.82) is 0 Å². The first kappa shape index (κ1) is 37.1. The maximum absolute atomic E-state index is 15.0. The third kappa shape index (κ3) is 9.98. The summed E-state index contributed by atoms with van der Waals surface area (Å²) in [5, 5.41) is 0. The van der Waals surface area contributed by atoms with Gasteiger partial charge in [-0.05, 0) is 97.9 Å². The van der Waals surface area contributed by atoms with Crippen molar-refractivity contribution < 1.29 is 44.6 Å².